The number of nitrogens with one attached hydrogen (secondary N) is 1. The van der Waals surface area contributed by atoms with E-state index in [9.17, 15) is 4.79 Å². The Balaban J connectivity index is 1.23. The fourth-order valence-electron chi connectivity index (χ4n) is 3.51. The van der Waals surface area contributed by atoms with Crippen molar-refractivity contribution in [1.29, 1.82) is 0 Å². The van der Waals surface area contributed by atoms with Gasteiger partial charge < -0.3 is 5.32 Å². The van der Waals surface area contributed by atoms with Gasteiger partial charge in [-0.05, 0) is 36.2 Å². The van der Waals surface area contributed by atoms with E-state index in [2.05, 4.69) is 52.4 Å². The zero-order valence-corrected chi connectivity index (χ0v) is 17.0. The lowest BCUT2D eigenvalue weighted by Crippen LogP contribution is -2.48. The van der Waals surface area contributed by atoms with E-state index >= 15 is 0 Å². The van der Waals surface area contributed by atoms with E-state index in [1.165, 1.54) is 15.3 Å². The molecule has 4 rings (SSSR count). The molecule has 0 radical (unpaired) electrons. The van der Waals surface area contributed by atoms with Crippen molar-refractivity contribution < 1.29 is 4.79 Å². The molecule has 1 amide bonds. The van der Waals surface area contributed by atoms with Crippen LogP contribution in [0.15, 0.2) is 48.5 Å². The number of hydrogen-bond donors (Lipinski definition) is 1. The zero-order valence-electron chi connectivity index (χ0n) is 16.2. The van der Waals surface area contributed by atoms with Gasteiger partial charge in [0.05, 0.1) is 23.3 Å². The first-order chi connectivity index (χ1) is 13.7. The largest absolute Gasteiger partial charge is 0.325 e. The van der Waals surface area contributed by atoms with Gasteiger partial charge in [0.25, 0.3) is 0 Å². The number of hydrogen-bond acceptors (Lipinski definition) is 5. The number of carbonyl (C=O) groups excluding carboxylic acids is 1. The number of thiazole rings is 1. The lowest BCUT2D eigenvalue weighted by atomic mass is 10.1. The van der Waals surface area contributed by atoms with Gasteiger partial charge in [-0.1, -0.05) is 31.2 Å². The Morgan fingerprint density at radius 2 is 1.75 bits per heavy atom. The van der Waals surface area contributed by atoms with Crippen molar-refractivity contribution in [2.24, 2.45) is 0 Å². The molecule has 0 aliphatic carbocycles. The summed E-state index contributed by atoms with van der Waals surface area (Å²) in [6.45, 7) is 7.22. The topological polar surface area (TPSA) is 48.5 Å². The number of nitrogens with zero attached hydrogens (tertiary/aromatic N) is 3. The fraction of sp³-hybridized carbons (Fsp3) is 0.364. The Hall–Kier alpha value is -2.28. The molecular formula is C22H26N4OS. The molecule has 1 aliphatic rings. The molecule has 2 aromatic carbocycles. The molecule has 1 saturated heterocycles. The van der Waals surface area contributed by atoms with Gasteiger partial charge in [0.1, 0.15) is 5.01 Å². The Morgan fingerprint density at radius 3 is 2.46 bits per heavy atom. The fourth-order valence-corrected chi connectivity index (χ4v) is 4.52. The minimum atomic E-state index is 0.0591. The van der Waals surface area contributed by atoms with Crippen molar-refractivity contribution in [3.63, 3.8) is 0 Å². The smallest absolute Gasteiger partial charge is 0.238 e. The van der Waals surface area contributed by atoms with E-state index in [4.69, 9.17) is 4.98 Å². The van der Waals surface area contributed by atoms with Crippen LogP contribution in [-0.2, 0) is 17.8 Å². The average molecular weight is 395 g/mol. The number of piperazine rings is 1. The maximum Gasteiger partial charge on any atom is 0.238 e. The van der Waals surface area contributed by atoms with Crippen LogP contribution in [0.25, 0.3) is 10.2 Å². The first kappa shape index (κ1) is 19.1. The molecular weight excluding hydrogens is 368 g/mol. The summed E-state index contributed by atoms with van der Waals surface area (Å²) < 4.78 is 1.25. The molecule has 1 N–H and O–H groups in total. The minimum absolute atomic E-state index is 0.0591. The normalized spacial score (nSPS) is 15.8. The molecule has 1 fully saturated rings. The highest BCUT2D eigenvalue weighted by molar-refractivity contribution is 7.18. The van der Waals surface area contributed by atoms with Gasteiger partial charge in [-0.3, -0.25) is 14.6 Å². The SMILES string of the molecule is CCc1ccc(NC(=O)CN2CCN(Cc3nc4ccccc4s3)CC2)cc1. The molecule has 0 saturated carbocycles. The third kappa shape index (κ3) is 4.76. The first-order valence-corrected chi connectivity index (χ1v) is 10.7. The van der Waals surface area contributed by atoms with E-state index < -0.39 is 0 Å². The number of anilines is 1. The number of aryl methyl sites for hydroxylation is 1. The predicted molar refractivity (Wildman–Crippen MR) is 116 cm³/mol. The van der Waals surface area contributed by atoms with Crippen LogP contribution in [0, 0.1) is 0 Å². The Bertz CT molecular complexity index is 896. The van der Waals surface area contributed by atoms with Crippen LogP contribution in [0.5, 0.6) is 0 Å². The van der Waals surface area contributed by atoms with Gasteiger partial charge in [-0.2, -0.15) is 0 Å². The Morgan fingerprint density at radius 1 is 1.04 bits per heavy atom. The van der Waals surface area contributed by atoms with Crippen LogP contribution >= 0.6 is 11.3 Å². The molecule has 146 valence electrons. The lowest BCUT2D eigenvalue weighted by molar-refractivity contribution is -0.117. The Kier molecular flexibility index (Phi) is 6.00. The van der Waals surface area contributed by atoms with Crippen LogP contribution < -0.4 is 5.32 Å². The van der Waals surface area contributed by atoms with Gasteiger partial charge in [-0.25, -0.2) is 4.98 Å². The van der Waals surface area contributed by atoms with Crippen LogP contribution in [0.1, 0.15) is 17.5 Å². The highest BCUT2D eigenvalue weighted by Crippen LogP contribution is 2.23. The number of carbonyl (C=O) groups is 1. The zero-order chi connectivity index (χ0) is 19.3. The highest BCUT2D eigenvalue weighted by Gasteiger charge is 2.20. The van der Waals surface area contributed by atoms with Gasteiger partial charge >= 0.3 is 0 Å². The third-order valence-electron chi connectivity index (χ3n) is 5.18. The van der Waals surface area contributed by atoms with Gasteiger partial charge in [0.2, 0.25) is 5.91 Å². The summed E-state index contributed by atoms with van der Waals surface area (Å²) in [5.74, 6) is 0.0591. The van der Waals surface area contributed by atoms with Crippen LogP contribution in [-0.4, -0.2) is 53.4 Å². The predicted octanol–water partition coefficient (Wildman–Crippen LogP) is 3.62. The molecule has 0 spiro atoms. The quantitative estimate of drug-likeness (QED) is 0.694. The lowest BCUT2D eigenvalue weighted by Gasteiger charge is -2.33. The molecule has 0 atom stereocenters. The van der Waals surface area contributed by atoms with E-state index in [1.54, 1.807) is 11.3 Å². The molecule has 3 aromatic rings. The second-order valence-corrected chi connectivity index (χ2v) is 8.34. The van der Waals surface area contributed by atoms with Crippen LogP contribution in [0.2, 0.25) is 0 Å². The average Bonchev–Trinajstić information content (AvgIpc) is 3.12. The number of amides is 1. The molecule has 0 unspecified atom stereocenters. The van der Waals surface area contributed by atoms with E-state index in [0.717, 1.165) is 50.3 Å². The number of fused-ring (bicyclic) bond motifs is 1. The van der Waals surface area contributed by atoms with Crippen LogP contribution in [0.3, 0.4) is 0 Å². The summed E-state index contributed by atoms with van der Waals surface area (Å²) in [6.07, 6.45) is 1.01. The van der Waals surface area contributed by atoms with Crippen molar-refractivity contribution in [2.45, 2.75) is 19.9 Å². The monoisotopic (exact) mass is 394 g/mol. The van der Waals surface area contributed by atoms with E-state index in [-0.39, 0.29) is 5.91 Å². The van der Waals surface area contributed by atoms with Crippen molar-refractivity contribution >= 4 is 33.1 Å². The van der Waals surface area contributed by atoms with Crippen molar-refractivity contribution in [1.82, 2.24) is 14.8 Å². The number of para-hydroxylation sites is 1. The number of benzene rings is 2. The summed E-state index contributed by atoms with van der Waals surface area (Å²) in [6, 6.07) is 16.4. The summed E-state index contributed by atoms with van der Waals surface area (Å²) in [4.78, 5) is 21.7. The summed E-state index contributed by atoms with van der Waals surface area (Å²) in [5.41, 5.74) is 3.24. The maximum absolute atomic E-state index is 12.3. The van der Waals surface area contributed by atoms with Gasteiger partial charge in [0.15, 0.2) is 0 Å². The molecule has 5 nitrogen and oxygen atoms in total. The minimum Gasteiger partial charge on any atom is -0.325 e. The first-order valence-electron chi connectivity index (χ1n) is 9.87. The molecule has 28 heavy (non-hydrogen) atoms. The van der Waals surface area contributed by atoms with Crippen molar-refractivity contribution in [3.8, 4) is 0 Å². The highest BCUT2D eigenvalue weighted by atomic mass is 32.1. The number of aromatic nitrogens is 1. The van der Waals surface area contributed by atoms with Crippen LogP contribution in [0.4, 0.5) is 5.69 Å². The molecule has 1 aliphatic heterocycles. The molecule has 6 heteroatoms. The second-order valence-electron chi connectivity index (χ2n) is 7.23. The Labute approximate surface area is 170 Å². The molecule has 1 aromatic heterocycles. The summed E-state index contributed by atoms with van der Waals surface area (Å²) in [7, 11) is 0. The number of rotatable bonds is 6. The van der Waals surface area contributed by atoms with Gasteiger partial charge in [-0.15, -0.1) is 11.3 Å². The summed E-state index contributed by atoms with van der Waals surface area (Å²) in [5, 5.41) is 4.17. The molecule has 0 bridgehead atoms. The van der Waals surface area contributed by atoms with Crippen molar-refractivity contribution in [2.75, 3.05) is 38.0 Å². The maximum atomic E-state index is 12.3. The van der Waals surface area contributed by atoms with E-state index in [1.807, 2.05) is 18.2 Å². The van der Waals surface area contributed by atoms with E-state index in [0.29, 0.717) is 6.54 Å². The van der Waals surface area contributed by atoms with Gasteiger partial charge in [0, 0.05) is 31.9 Å². The standard InChI is InChI=1S/C22H26N4OS/c1-2-17-7-9-18(10-8-17)23-21(27)15-25-11-13-26(14-12-25)16-22-24-19-5-3-4-6-20(19)28-22/h3-10H,2,11-16H2,1H3,(H,23,27). The second kappa shape index (κ2) is 8.82. The summed E-state index contributed by atoms with van der Waals surface area (Å²) >= 11 is 1.78. The third-order valence-corrected chi connectivity index (χ3v) is 6.20. The molecule has 2 heterocycles. The van der Waals surface area contributed by atoms with Crippen molar-refractivity contribution in [3.05, 3.63) is 59.1 Å².